The minimum absolute atomic E-state index is 0.0655. The van der Waals surface area contributed by atoms with Crippen molar-refractivity contribution in [1.82, 2.24) is 9.80 Å². The third-order valence-electron chi connectivity index (χ3n) is 7.19. The number of ether oxygens (including phenoxy) is 2. The third-order valence-corrected chi connectivity index (χ3v) is 8.56. The van der Waals surface area contributed by atoms with Gasteiger partial charge in [-0.25, -0.2) is 0 Å². The van der Waals surface area contributed by atoms with Crippen LogP contribution >= 0.6 is 24.0 Å². The van der Waals surface area contributed by atoms with Crippen molar-refractivity contribution in [2.24, 2.45) is 5.92 Å². The Bertz CT molecular complexity index is 1160. The molecule has 2 aliphatic rings. The monoisotopic (exact) mass is 552 g/mol. The largest absolute Gasteiger partial charge is 0.493 e. The first-order valence-electron chi connectivity index (χ1n) is 13.3. The molecular weight excluding hydrogens is 516 g/mol. The first-order chi connectivity index (χ1) is 18.5. The predicted octanol–water partition coefficient (Wildman–Crippen LogP) is 5.95. The quantitative estimate of drug-likeness (QED) is 0.195. The first-order valence-corrected chi connectivity index (χ1v) is 14.5. The van der Waals surface area contributed by atoms with E-state index in [0.29, 0.717) is 39.6 Å². The molecule has 0 aliphatic carbocycles. The molecule has 2 heterocycles. The molecule has 2 amide bonds. The number of thioether (sulfide) groups is 1. The van der Waals surface area contributed by atoms with Gasteiger partial charge in [-0.05, 0) is 67.4 Å². The summed E-state index contributed by atoms with van der Waals surface area (Å²) in [4.78, 5) is 30.0. The normalized spacial score (nSPS) is 17.4. The summed E-state index contributed by atoms with van der Waals surface area (Å²) in [7, 11) is 3.18. The van der Waals surface area contributed by atoms with E-state index in [-0.39, 0.29) is 11.8 Å². The Hall–Kier alpha value is -2.84. The van der Waals surface area contributed by atoms with Crippen molar-refractivity contribution in [1.29, 1.82) is 0 Å². The van der Waals surface area contributed by atoms with Crippen molar-refractivity contribution in [3.05, 3.63) is 64.6 Å². The Morgan fingerprint density at radius 2 is 1.76 bits per heavy atom. The summed E-state index contributed by atoms with van der Waals surface area (Å²) in [5, 5.41) is 0. The van der Waals surface area contributed by atoms with Crippen molar-refractivity contribution in [2.45, 2.75) is 44.9 Å². The molecule has 0 aromatic heterocycles. The molecular formula is C30H36N2O4S2. The molecule has 0 spiro atoms. The van der Waals surface area contributed by atoms with Gasteiger partial charge in [0.15, 0.2) is 11.5 Å². The van der Waals surface area contributed by atoms with E-state index in [4.69, 9.17) is 21.7 Å². The maximum absolute atomic E-state index is 13.0. The van der Waals surface area contributed by atoms with Crippen LogP contribution in [-0.2, 0) is 16.0 Å². The van der Waals surface area contributed by atoms with E-state index in [1.54, 1.807) is 19.1 Å². The highest BCUT2D eigenvalue weighted by Gasteiger charge is 2.31. The highest BCUT2D eigenvalue weighted by molar-refractivity contribution is 8.26. The van der Waals surface area contributed by atoms with Crippen LogP contribution in [0.4, 0.5) is 0 Å². The smallest absolute Gasteiger partial charge is 0.266 e. The standard InChI is InChI=1S/C30H36N2O4S2/c1-35-25-13-12-24(20-26(25)36-2)21-27-29(34)32(30(37)38-27)16-8-4-7-11-28(33)31-17-14-23(15-18-31)19-22-9-5-3-6-10-22/h3,5-6,9-10,12-13,20-21,23H,4,7-8,11,14-19H2,1-2H3. The number of rotatable bonds is 11. The molecule has 4 rings (SSSR count). The van der Waals surface area contributed by atoms with Gasteiger partial charge in [0.2, 0.25) is 5.91 Å². The molecule has 2 fully saturated rings. The van der Waals surface area contributed by atoms with E-state index in [1.165, 1.54) is 17.3 Å². The van der Waals surface area contributed by atoms with E-state index < -0.39 is 0 Å². The average molecular weight is 553 g/mol. The summed E-state index contributed by atoms with van der Waals surface area (Å²) in [5.41, 5.74) is 2.24. The van der Waals surface area contributed by atoms with E-state index in [0.717, 1.165) is 57.2 Å². The van der Waals surface area contributed by atoms with Crippen molar-refractivity contribution in [3.8, 4) is 11.5 Å². The molecule has 0 saturated carbocycles. The number of likely N-dealkylation sites (tertiary alicyclic amines) is 1. The van der Waals surface area contributed by atoms with Crippen LogP contribution in [0.5, 0.6) is 11.5 Å². The molecule has 202 valence electrons. The summed E-state index contributed by atoms with van der Waals surface area (Å²) in [6.45, 7) is 2.30. The summed E-state index contributed by atoms with van der Waals surface area (Å²) in [6, 6.07) is 16.2. The second-order valence-electron chi connectivity index (χ2n) is 9.77. The zero-order valence-electron chi connectivity index (χ0n) is 22.2. The second-order valence-corrected chi connectivity index (χ2v) is 11.4. The van der Waals surface area contributed by atoms with Crippen LogP contribution in [0.3, 0.4) is 0 Å². The van der Waals surface area contributed by atoms with E-state index in [9.17, 15) is 9.59 Å². The number of thiocarbonyl (C=S) groups is 1. The van der Waals surface area contributed by atoms with E-state index in [2.05, 4.69) is 30.3 Å². The maximum atomic E-state index is 13.0. The van der Waals surface area contributed by atoms with Crippen LogP contribution in [0.2, 0.25) is 0 Å². The number of hydrogen-bond acceptors (Lipinski definition) is 6. The predicted molar refractivity (Wildman–Crippen MR) is 157 cm³/mol. The van der Waals surface area contributed by atoms with Gasteiger partial charge in [0, 0.05) is 26.1 Å². The lowest BCUT2D eigenvalue weighted by atomic mass is 9.90. The molecule has 38 heavy (non-hydrogen) atoms. The van der Waals surface area contributed by atoms with Gasteiger partial charge in [0.25, 0.3) is 5.91 Å². The number of unbranched alkanes of at least 4 members (excludes halogenated alkanes) is 2. The number of amides is 2. The molecule has 2 aromatic rings. The lowest BCUT2D eigenvalue weighted by molar-refractivity contribution is -0.132. The number of methoxy groups -OCH3 is 2. The fourth-order valence-corrected chi connectivity index (χ4v) is 6.31. The van der Waals surface area contributed by atoms with Crippen LogP contribution < -0.4 is 9.47 Å². The highest BCUT2D eigenvalue weighted by Crippen LogP contribution is 2.35. The van der Waals surface area contributed by atoms with Gasteiger partial charge in [0.1, 0.15) is 4.32 Å². The number of carbonyl (C=O) groups is 2. The first kappa shape index (κ1) is 28.2. The van der Waals surface area contributed by atoms with Gasteiger partial charge < -0.3 is 14.4 Å². The van der Waals surface area contributed by atoms with Crippen LogP contribution in [-0.4, -0.2) is 59.8 Å². The maximum Gasteiger partial charge on any atom is 0.266 e. The minimum atomic E-state index is -0.0655. The molecule has 0 bridgehead atoms. The van der Waals surface area contributed by atoms with Gasteiger partial charge in [-0.15, -0.1) is 0 Å². The minimum Gasteiger partial charge on any atom is -0.493 e. The molecule has 0 unspecified atom stereocenters. The third kappa shape index (κ3) is 7.38. The second kappa shape index (κ2) is 13.8. The highest BCUT2D eigenvalue weighted by atomic mass is 32.2. The number of piperidine rings is 1. The lowest BCUT2D eigenvalue weighted by Crippen LogP contribution is -2.38. The van der Waals surface area contributed by atoms with Crippen LogP contribution in [0.25, 0.3) is 6.08 Å². The Labute approximate surface area is 235 Å². The fourth-order valence-electron chi connectivity index (χ4n) is 5.00. The number of nitrogens with zero attached hydrogens (tertiary/aromatic N) is 2. The molecule has 0 atom stereocenters. The Morgan fingerprint density at radius 3 is 2.47 bits per heavy atom. The number of benzene rings is 2. The zero-order valence-corrected chi connectivity index (χ0v) is 23.8. The molecule has 0 radical (unpaired) electrons. The van der Waals surface area contributed by atoms with Gasteiger partial charge >= 0.3 is 0 Å². The van der Waals surface area contributed by atoms with Gasteiger partial charge in [-0.1, -0.05) is 66.8 Å². The zero-order chi connectivity index (χ0) is 26.9. The Morgan fingerprint density at radius 1 is 1.03 bits per heavy atom. The van der Waals surface area contributed by atoms with Crippen LogP contribution in [0.15, 0.2) is 53.4 Å². The van der Waals surface area contributed by atoms with Crippen LogP contribution in [0, 0.1) is 5.92 Å². The molecule has 2 aliphatic heterocycles. The van der Waals surface area contributed by atoms with Gasteiger partial charge in [0.05, 0.1) is 19.1 Å². The SMILES string of the molecule is COc1ccc(C=C2SC(=S)N(CCCCCC(=O)N3CCC(Cc4ccccc4)CC3)C2=O)cc1OC. The molecule has 0 N–H and O–H groups in total. The number of hydrogen-bond donors (Lipinski definition) is 0. The van der Waals surface area contributed by atoms with E-state index in [1.807, 2.05) is 29.2 Å². The summed E-state index contributed by atoms with van der Waals surface area (Å²) < 4.78 is 11.2. The topological polar surface area (TPSA) is 59.1 Å². The summed E-state index contributed by atoms with van der Waals surface area (Å²) in [5.74, 6) is 2.11. The number of carbonyl (C=O) groups excluding carboxylic acids is 2. The lowest BCUT2D eigenvalue weighted by Gasteiger charge is -2.32. The Balaban J connectivity index is 1.16. The van der Waals surface area contributed by atoms with Crippen LogP contribution in [0.1, 0.15) is 49.7 Å². The molecule has 8 heteroatoms. The Kier molecular flexibility index (Phi) is 10.2. The fraction of sp³-hybridized carbons (Fsp3) is 0.433. The van der Waals surface area contributed by atoms with Crippen molar-refractivity contribution < 1.29 is 19.1 Å². The van der Waals surface area contributed by atoms with Crippen molar-refractivity contribution in [3.63, 3.8) is 0 Å². The molecule has 2 aromatic carbocycles. The molecule has 2 saturated heterocycles. The summed E-state index contributed by atoms with van der Waals surface area (Å²) >= 11 is 6.80. The van der Waals surface area contributed by atoms with E-state index >= 15 is 0 Å². The van der Waals surface area contributed by atoms with Gasteiger partial charge in [-0.2, -0.15) is 0 Å². The molecule has 6 nitrogen and oxygen atoms in total. The van der Waals surface area contributed by atoms with Crippen molar-refractivity contribution in [2.75, 3.05) is 33.9 Å². The average Bonchev–Trinajstić information content (AvgIpc) is 3.20. The van der Waals surface area contributed by atoms with Gasteiger partial charge in [-0.3, -0.25) is 14.5 Å². The van der Waals surface area contributed by atoms with Crippen molar-refractivity contribution >= 4 is 46.2 Å². The summed E-state index contributed by atoms with van der Waals surface area (Å²) in [6.07, 6.45) is 8.20.